The number of hydrogen-bond acceptors (Lipinski definition) is 7. The Morgan fingerprint density at radius 1 is 0.970 bits per heavy atom. The van der Waals surface area contributed by atoms with Crippen LogP contribution in [-0.2, 0) is 5.54 Å². The van der Waals surface area contributed by atoms with E-state index in [1.54, 1.807) is 0 Å². The number of fused-ring (bicyclic) bond motifs is 1. The first-order valence-corrected chi connectivity index (χ1v) is 11.7. The van der Waals surface area contributed by atoms with Crippen LogP contribution < -0.4 is 15.1 Å². The number of nitrogens with one attached hydrogen (secondary N) is 1. The van der Waals surface area contributed by atoms with Gasteiger partial charge in [-0.25, -0.2) is 9.37 Å². The number of aromatic nitrogens is 4. The summed E-state index contributed by atoms with van der Waals surface area (Å²) < 4.78 is 16.0. The third-order valence-electron chi connectivity index (χ3n) is 6.52. The summed E-state index contributed by atoms with van der Waals surface area (Å²) in [5, 5.41) is 3.45. The van der Waals surface area contributed by atoms with E-state index in [4.69, 9.17) is 9.97 Å². The molecule has 0 saturated carbocycles. The van der Waals surface area contributed by atoms with Crippen molar-refractivity contribution in [3.63, 3.8) is 0 Å². The van der Waals surface area contributed by atoms with Gasteiger partial charge in [-0.2, -0.15) is 9.97 Å². The van der Waals surface area contributed by atoms with Gasteiger partial charge in [-0.05, 0) is 58.5 Å². The normalized spacial score (nSPS) is 20.1. The number of hydrogen-bond donors (Lipinski definition) is 1. The lowest BCUT2D eigenvalue weighted by molar-refractivity contribution is 0.313. The largest absolute Gasteiger partial charge is 0.369 e. The zero-order valence-corrected chi connectivity index (χ0v) is 19.9. The second-order valence-corrected chi connectivity index (χ2v) is 10.1. The van der Waals surface area contributed by atoms with E-state index in [1.165, 1.54) is 5.69 Å². The van der Waals surface area contributed by atoms with E-state index in [9.17, 15) is 4.39 Å². The molecule has 176 valence electrons. The second kappa shape index (κ2) is 8.44. The van der Waals surface area contributed by atoms with Crippen LogP contribution in [0, 0.1) is 0 Å². The molecule has 2 fully saturated rings. The van der Waals surface area contributed by atoms with Gasteiger partial charge in [-0.3, -0.25) is 0 Å². The Balaban J connectivity index is 1.46. The molecule has 1 aromatic carbocycles. The topological polar surface area (TPSA) is 65.3 Å². The highest BCUT2D eigenvalue weighted by Crippen LogP contribution is 2.30. The number of piperazine rings is 1. The summed E-state index contributed by atoms with van der Waals surface area (Å²) in [5.74, 6) is 1.19. The molecule has 5 rings (SSSR count). The molecule has 9 heteroatoms. The number of alkyl halides is 1. The van der Waals surface area contributed by atoms with E-state index in [0.717, 1.165) is 37.5 Å². The highest BCUT2D eigenvalue weighted by atomic mass is 19.1. The molecule has 2 aromatic heterocycles. The first-order chi connectivity index (χ1) is 15.8. The Morgan fingerprint density at radius 3 is 2.33 bits per heavy atom. The van der Waals surface area contributed by atoms with Gasteiger partial charge >= 0.3 is 0 Å². The molecule has 0 bridgehead atoms. The van der Waals surface area contributed by atoms with Crippen molar-refractivity contribution < 1.29 is 4.39 Å². The third-order valence-corrected chi connectivity index (χ3v) is 6.52. The Morgan fingerprint density at radius 2 is 1.70 bits per heavy atom. The highest BCUT2D eigenvalue weighted by Gasteiger charge is 2.27. The molecule has 3 aromatic rings. The molecule has 1 atom stereocenters. The third kappa shape index (κ3) is 4.46. The smallest absolute Gasteiger partial charge is 0.229 e. The number of benzene rings is 1. The predicted molar refractivity (Wildman–Crippen MR) is 131 cm³/mol. The summed E-state index contributed by atoms with van der Waals surface area (Å²) in [6, 6.07) is 8.45. The van der Waals surface area contributed by atoms with Crippen LogP contribution in [0.1, 0.15) is 27.2 Å². The zero-order valence-electron chi connectivity index (χ0n) is 19.9. The molecule has 2 aliphatic rings. The average Bonchev–Trinajstić information content (AvgIpc) is 3.41. The van der Waals surface area contributed by atoms with Crippen LogP contribution in [0.4, 0.5) is 27.5 Å². The van der Waals surface area contributed by atoms with Crippen molar-refractivity contribution in [1.29, 1.82) is 0 Å². The van der Waals surface area contributed by atoms with Crippen LogP contribution in [0.15, 0.2) is 30.6 Å². The minimum atomic E-state index is -0.838. The molecule has 4 heterocycles. The molecular formula is C24H33FN8. The van der Waals surface area contributed by atoms with Gasteiger partial charge in [0.1, 0.15) is 6.17 Å². The molecular weight excluding hydrogens is 419 g/mol. The summed E-state index contributed by atoms with van der Waals surface area (Å²) in [6.45, 7) is 11.5. The van der Waals surface area contributed by atoms with Crippen molar-refractivity contribution in [1.82, 2.24) is 24.4 Å². The Bertz CT molecular complexity index is 1110. The fourth-order valence-electron chi connectivity index (χ4n) is 4.46. The number of likely N-dealkylation sites (N-methyl/N-ethyl adjacent to an activating group) is 1. The fraction of sp³-hybridized carbons (Fsp3) is 0.542. The minimum Gasteiger partial charge on any atom is -0.369 e. The van der Waals surface area contributed by atoms with Crippen LogP contribution in [0.3, 0.4) is 0 Å². The number of halogens is 1. The molecule has 0 amide bonds. The molecule has 0 spiro atoms. The first-order valence-electron chi connectivity index (χ1n) is 11.7. The van der Waals surface area contributed by atoms with Gasteiger partial charge in [0.2, 0.25) is 5.95 Å². The zero-order chi connectivity index (χ0) is 23.2. The first kappa shape index (κ1) is 21.9. The maximum Gasteiger partial charge on any atom is 0.229 e. The van der Waals surface area contributed by atoms with E-state index in [0.29, 0.717) is 36.8 Å². The highest BCUT2D eigenvalue weighted by molar-refractivity contribution is 5.87. The number of imidazole rings is 1. The molecule has 0 radical (unpaired) electrons. The van der Waals surface area contributed by atoms with Crippen LogP contribution >= 0.6 is 0 Å². The number of anilines is 4. The predicted octanol–water partition coefficient (Wildman–Crippen LogP) is 3.62. The van der Waals surface area contributed by atoms with Crippen molar-refractivity contribution in [2.24, 2.45) is 0 Å². The Labute approximate surface area is 194 Å². The summed E-state index contributed by atoms with van der Waals surface area (Å²) in [7, 11) is 2.16. The monoisotopic (exact) mass is 452 g/mol. The minimum absolute atomic E-state index is 0.185. The summed E-state index contributed by atoms with van der Waals surface area (Å²) >= 11 is 0. The number of rotatable bonds is 4. The second-order valence-electron chi connectivity index (χ2n) is 10.1. The van der Waals surface area contributed by atoms with Crippen LogP contribution in [-0.4, -0.2) is 76.9 Å². The fourth-order valence-corrected chi connectivity index (χ4v) is 4.46. The quantitative estimate of drug-likeness (QED) is 0.649. The summed E-state index contributed by atoms with van der Waals surface area (Å²) in [6.07, 6.45) is 1.48. The molecule has 1 unspecified atom stereocenters. The summed E-state index contributed by atoms with van der Waals surface area (Å²) in [5.41, 5.74) is 3.45. The van der Waals surface area contributed by atoms with Crippen molar-refractivity contribution in [3.05, 3.63) is 30.6 Å². The van der Waals surface area contributed by atoms with E-state index in [-0.39, 0.29) is 5.54 Å². The number of nitrogens with zero attached hydrogens (tertiary/aromatic N) is 7. The Kier molecular flexibility index (Phi) is 5.60. The maximum atomic E-state index is 13.9. The van der Waals surface area contributed by atoms with Crippen molar-refractivity contribution in [3.8, 4) is 0 Å². The van der Waals surface area contributed by atoms with Crippen LogP contribution in [0.5, 0.6) is 0 Å². The maximum absolute atomic E-state index is 13.9. The Hall–Kier alpha value is -2.94. The molecule has 8 nitrogen and oxygen atoms in total. The van der Waals surface area contributed by atoms with Gasteiger partial charge in [-0.1, -0.05) is 0 Å². The lowest BCUT2D eigenvalue weighted by Gasteiger charge is -2.34. The summed E-state index contributed by atoms with van der Waals surface area (Å²) in [4.78, 5) is 20.9. The van der Waals surface area contributed by atoms with E-state index in [2.05, 4.69) is 76.8 Å². The van der Waals surface area contributed by atoms with Gasteiger partial charge in [-0.15, -0.1) is 0 Å². The molecule has 2 aliphatic heterocycles. The van der Waals surface area contributed by atoms with Crippen molar-refractivity contribution in [2.45, 2.75) is 38.9 Å². The van der Waals surface area contributed by atoms with E-state index < -0.39 is 6.17 Å². The van der Waals surface area contributed by atoms with Crippen molar-refractivity contribution in [2.75, 3.05) is 61.4 Å². The van der Waals surface area contributed by atoms with Crippen LogP contribution in [0.2, 0.25) is 0 Å². The van der Waals surface area contributed by atoms with Crippen molar-refractivity contribution >= 4 is 34.3 Å². The van der Waals surface area contributed by atoms with Gasteiger partial charge in [0, 0.05) is 49.6 Å². The SMILES string of the molecule is CN1CCN(c2ccc(Nc3nc(N4CCC(F)C4)nc4c3ncn4C(C)(C)C)cc2)CC1. The standard InChI is InChI=1S/C24H33FN8/c1-24(2,3)33-16-26-20-21(28-23(29-22(20)33)32-10-9-17(25)15-32)27-18-5-7-19(8-6-18)31-13-11-30(4)12-14-31/h5-8,16-17H,9-15H2,1-4H3,(H,27,28,29). The molecule has 1 N–H and O–H groups in total. The van der Waals surface area contributed by atoms with Gasteiger partial charge in [0.25, 0.3) is 0 Å². The van der Waals surface area contributed by atoms with E-state index >= 15 is 0 Å². The lowest BCUT2D eigenvalue weighted by atomic mass is 10.1. The van der Waals surface area contributed by atoms with Gasteiger partial charge in [0.15, 0.2) is 17.0 Å². The van der Waals surface area contributed by atoms with Crippen LogP contribution in [0.25, 0.3) is 11.2 Å². The van der Waals surface area contributed by atoms with Gasteiger partial charge < -0.3 is 24.6 Å². The molecule has 2 saturated heterocycles. The molecule has 0 aliphatic carbocycles. The average molecular weight is 453 g/mol. The lowest BCUT2D eigenvalue weighted by Crippen LogP contribution is -2.44. The molecule has 33 heavy (non-hydrogen) atoms. The van der Waals surface area contributed by atoms with E-state index in [1.807, 2.05) is 11.2 Å². The van der Waals surface area contributed by atoms with Gasteiger partial charge in [0.05, 0.1) is 12.9 Å².